The maximum atomic E-state index is 13.6. The molecular weight excluding hydrogens is 271 g/mol. The molecule has 16 heavy (non-hydrogen) atoms. The van der Waals surface area contributed by atoms with Crippen LogP contribution in [0.4, 0.5) is 4.39 Å². The lowest BCUT2D eigenvalue weighted by atomic mass is 10.0. The van der Waals surface area contributed by atoms with Crippen LogP contribution in [0.1, 0.15) is 5.56 Å². The van der Waals surface area contributed by atoms with Crippen LogP contribution < -0.4 is 0 Å². The maximum Gasteiger partial charge on any atom is 0.137 e. The molecule has 0 fully saturated rings. The molecule has 0 bridgehead atoms. The molecule has 0 saturated carbocycles. The summed E-state index contributed by atoms with van der Waals surface area (Å²) < 4.78 is 14.2. The Morgan fingerprint density at radius 3 is 2.50 bits per heavy atom. The minimum atomic E-state index is -0.338. The lowest BCUT2D eigenvalue weighted by Gasteiger charge is -2.09. The van der Waals surface area contributed by atoms with Crippen LogP contribution in [0.3, 0.4) is 0 Å². The van der Waals surface area contributed by atoms with Crippen molar-refractivity contribution >= 4 is 15.9 Å². The lowest BCUT2D eigenvalue weighted by molar-refractivity contribution is 0.473. The van der Waals surface area contributed by atoms with Gasteiger partial charge in [0.25, 0.3) is 0 Å². The molecule has 3 heteroatoms. The highest BCUT2D eigenvalue weighted by molar-refractivity contribution is 9.10. The zero-order chi connectivity index (χ0) is 11.7. The van der Waals surface area contributed by atoms with E-state index in [0.29, 0.717) is 15.6 Å². The molecular formula is C13H10BrFO. The highest BCUT2D eigenvalue weighted by Gasteiger charge is 2.11. The van der Waals surface area contributed by atoms with Crippen LogP contribution >= 0.6 is 15.9 Å². The topological polar surface area (TPSA) is 20.2 Å². The van der Waals surface area contributed by atoms with E-state index in [1.54, 1.807) is 30.3 Å². The van der Waals surface area contributed by atoms with Crippen LogP contribution in [0.2, 0.25) is 0 Å². The fourth-order valence-electron chi connectivity index (χ4n) is 1.62. The normalized spacial score (nSPS) is 10.4. The van der Waals surface area contributed by atoms with Gasteiger partial charge in [0.2, 0.25) is 0 Å². The van der Waals surface area contributed by atoms with E-state index in [1.807, 2.05) is 6.92 Å². The molecule has 0 amide bonds. The second kappa shape index (κ2) is 4.26. The highest BCUT2D eigenvalue weighted by Crippen LogP contribution is 2.37. The molecule has 1 nitrogen and oxygen atoms in total. The summed E-state index contributed by atoms with van der Waals surface area (Å²) in [7, 11) is 0. The Kier molecular flexibility index (Phi) is 2.97. The summed E-state index contributed by atoms with van der Waals surface area (Å²) in [5, 5.41) is 9.89. The molecule has 2 aromatic carbocycles. The molecule has 0 radical (unpaired) electrons. The fraction of sp³-hybridized carbons (Fsp3) is 0.0769. The SMILES string of the molecule is Cc1cc(Br)c(O)c(-c2ccccc2F)c1. The molecule has 0 aliphatic heterocycles. The van der Waals surface area contributed by atoms with E-state index < -0.39 is 0 Å². The van der Waals surface area contributed by atoms with Gasteiger partial charge in [-0.2, -0.15) is 0 Å². The summed E-state index contributed by atoms with van der Waals surface area (Å²) in [6.45, 7) is 1.90. The summed E-state index contributed by atoms with van der Waals surface area (Å²) >= 11 is 3.25. The quantitative estimate of drug-likeness (QED) is 0.827. The van der Waals surface area contributed by atoms with E-state index in [0.717, 1.165) is 5.56 Å². The third-order valence-electron chi connectivity index (χ3n) is 2.37. The molecule has 2 aromatic rings. The molecule has 0 aliphatic carbocycles. The Labute approximate surface area is 102 Å². The van der Waals surface area contributed by atoms with Crippen molar-refractivity contribution in [2.45, 2.75) is 6.92 Å². The minimum Gasteiger partial charge on any atom is -0.506 e. The first-order valence-electron chi connectivity index (χ1n) is 4.83. The van der Waals surface area contributed by atoms with Gasteiger partial charge in [0, 0.05) is 11.1 Å². The molecule has 0 spiro atoms. The summed E-state index contributed by atoms with van der Waals surface area (Å²) in [6, 6.07) is 9.95. The lowest BCUT2D eigenvalue weighted by Crippen LogP contribution is -1.86. The van der Waals surface area contributed by atoms with Crippen molar-refractivity contribution in [3.8, 4) is 16.9 Å². The van der Waals surface area contributed by atoms with Gasteiger partial charge in [-0.3, -0.25) is 0 Å². The Bertz CT molecular complexity index is 537. The zero-order valence-electron chi connectivity index (χ0n) is 8.67. The molecule has 0 aromatic heterocycles. The standard InChI is InChI=1S/C13H10BrFO/c1-8-6-10(13(16)11(14)7-8)9-4-2-3-5-12(9)15/h2-7,16H,1H3. The highest BCUT2D eigenvalue weighted by atomic mass is 79.9. The van der Waals surface area contributed by atoms with E-state index in [2.05, 4.69) is 15.9 Å². The smallest absolute Gasteiger partial charge is 0.137 e. The third-order valence-corrected chi connectivity index (χ3v) is 2.98. The average molecular weight is 281 g/mol. The van der Waals surface area contributed by atoms with Crippen molar-refractivity contribution in [2.75, 3.05) is 0 Å². The number of phenols is 1. The van der Waals surface area contributed by atoms with E-state index in [1.165, 1.54) is 6.07 Å². The predicted molar refractivity (Wildman–Crippen MR) is 65.9 cm³/mol. The van der Waals surface area contributed by atoms with Crippen molar-refractivity contribution in [3.63, 3.8) is 0 Å². The Morgan fingerprint density at radius 2 is 1.81 bits per heavy atom. The Morgan fingerprint density at radius 1 is 1.12 bits per heavy atom. The molecule has 2 rings (SSSR count). The Balaban J connectivity index is 2.69. The summed E-state index contributed by atoms with van der Waals surface area (Å²) in [5.41, 5.74) is 1.87. The Hall–Kier alpha value is -1.35. The van der Waals surface area contributed by atoms with Crippen molar-refractivity contribution in [3.05, 3.63) is 52.3 Å². The number of hydrogen-bond acceptors (Lipinski definition) is 1. The van der Waals surface area contributed by atoms with Gasteiger partial charge in [-0.25, -0.2) is 4.39 Å². The number of phenolic OH excluding ortho intramolecular Hbond substituents is 1. The number of benzene rings is 2. The van der Waals surface area contributed by atoms with E-state index >= 15 is 0 Å². The molecule has 82 valence electrons. The molecule has 1 N–H and O–H groups in total. The average Bonchev–Trinajstić information content (AvgIpc) is 2.24. The van der Waals surface area contributed by atoms with Gasteiger partial charge < -0.3 is 5.11 Å². The van der Waals surface area contributed by atoms with E-state index in [4.69, 9.17) is 0 Å². The summed E-state index contributed by atoms with van der Waals surface area (Å²) in [6.07, 6.45) is 0. The maximum absolute atomic E-state index is 13.6. The van der Waals surface area contributed by atoms with E-state index in [9.17, 15) is 9.50 Å². The number of hydrogen-bond donors (Lipinski definition) is 1. The second-order valence-corrected chi connectivity index (χ2v) is 4.48. The molecule has 0 heterocycles. The van der Waals surface area contributed by atoms with Crippen LogP contribution in [0.5, 0.6) is 5.75 Å². The van der Waals surface area contributed by atoms with Gasteiger partial charge in [-0.1, -0.05) is 18.2 Å². The van der Waals surface area contributed by atoms with Gasteiger partial charge >= 0.3 is 0 Å². The van der Waals surface area contributed by atoms with Crippen LogP contribution in [-0.2, 0) is 0 Å². The first-order valence-corrected chi connectivity index (χ1v) is 5.63. The second-order valence-electron chi connectivity index (χ2n) is 3.62. The fourth-order valence-corrected chi connectivity index (χ4v) is 2.19. The molecule has 0 atom stereocenters. The number of rotatable bonds is 1. The van der Waals surface area contributed by atoms with Crippen LogP contribution in [-0.4, -0.2) is 5.11 Å². The number of aryl methyl sites for hydroxylation is 1. The molecule has 0 saturated heterocycles. The molecule has 0 aliphatic rings. The van der Waals surface area contributed by atoms with Gasteiger partial charge in [-0.05, 0) is 46.6 Å². The minimum absolute atomic E-state index is 0.0655. The van der Waals surface area contributed by atoms with Gasteiger partial charge in [0.1, 0.15) is 11.6 Å². The van der Waals surface area contributed by atoms with Gasteiger partial charge in [0.15, 0.2) is 0 Å². The van der Waals surface area contributed by atoms with Gasteiger partial charge in [-0.15, -0.1) is 0 Å². The van der Waals surface area contributed by atoms with Gasteiger partial charge in [0.05, 0.1) is 4.47 Å². The van der Waals surface area contributed by atoms with Crippen molar-refractivity contribution in [1.82, 2.24) is 0 Å². The van der Waals surface area contributed by atoms with Crippen molar-refractivity contribution < 1.29 is 9.50 Å². The third kappa shape index (κ3) is 1.95. The number of halogens is 2. The zero-order valence-corrected chi connectivity index (χ0v) is 10.3. The van der Waals surface area contributed by atoms with Crippen LogP contribution in [0.25, 0.3) is 11.1 Å². The monoisotopic (exact) mass is 280 g/mol. The largest absolute Gasteiger partial charge is 0.506 e. The van der Waals surface area contributed by atoms with Crippen LogP contribution in [0.15, 0.2) is 40.9 Å². The predicted octanol–water partition coefficient (Wildman–Crippen LogP) is 4.27. The van der Waals surface area contributed by atoms with Crippen molar-refractivity contribution in [2.24, 2.45) is 0 Å². The summed E-state index contributed by atoms with van der Waals surface area (Å²) in [5.74, 6) is -0.272. The first-order chi connectivity index (χ1) is 7.59. The first kappa shape index (κ1) is 11.1. The van der Waals surface area contributed by atoms with Crippen molar-refractivity contribution in [1.29, 1.82) is 0 Å². The van der Waals surface area contributed by atoms with Crippen LogP contribution in [0, 0.1) is 12.7 Å². The number of aromatic hydroxyl groups is 1. The van der Waals surface area contributed by atoms with E-state index in [-0.39, 0.29) is 11.6 Å². The molecule has 0 unspecified atom stereocenters. The summed E-state index contributed by atoms with van der Waals surface area (Å²) in [4.78, 5) is 0.